The van der Waals surface area contributed by atoms with Crippen LogP contribution in [0, 0.1) is 19.8 Å². The number of thiophene rings is 1. The van der Waals surface area contributed by atoms with Crippen LogP contribution in [0.5, 0.6) is 0 Å². The van der Waals surface area contributed by atoms with Crippen LogP contribution in [0.2, 0.25) is 0 Å². The van der Waals surface area contributed by atoms with E-state index in [9.17, 15) is 0 Å². The van der Waals surface area contributed by atoms with Gasteiger partial charge in [0.15, 0.2) is 0 Å². The van der Waals surface area contributed by atoms with Crippen LogP contribution in [0.3, 0.4) is 0 Å². The zero-order valence-electron chi connectivity index (χ0n) is 11.2. The quantitative estimate of drug-likeness (QED) is 0.887. The summed E-state index contributed by atoms with van der Waals surface area (Å²) in [7, 11) is 0. The van der Waals surface area contributed by atoms with Crippen LogP contribution in [0.4, 0.5) is 0 Å². The molecule has 2 rings (SSSR count). The van der Waals surface area contributed by atoms with Gasteiger partial charge in [-0.15, -0.1) is 11.3 Å². The Kier molecular flexibility index (Phi) is 4.23. The van der Waals surface area contributed by atoms with Crippen molar-refractivity contribution < 1.29 is 4.74 Å². The van der Waals surface area contributed by atoms with Crippen molar-refractivity contribution in [2.24, 2.45) is 5.92 Å². The highest BCUT2D eigenvalue weighted by Crippen LogP contribution is 2.36. The third kappa shape index (κ3) is 2.90. The van der Waals surface area contributed by atoms with E-state index >= 15 is 0 Å². The molecule has 2 nitrogen and oxygen atoms in total. The largest absolute Gasteiger partial charge is 0.378 e. The number of rotatable bonds is 4. The summed E-state index contributed by atoms with van der Waals surface area (Å²) in [5.74, 6) is 0.627. The fourth-order valence-corrected chi connectivity index (χ4v) is 3.95. The van der Waals surface area contributed by atoms with Gasteiger partial charge < -0.3 is 10.1 Å². The first-order valence-corrected chi connectivity index (χ1v) is 7.35. The smallest absolute Gasteiger partial charge is 0.0551 e. The number of nitrogens with one attached hydrogen (secondary N) is 1. The second-order valence-corrected chi connectivity index (χ2v) is 6.37. The predicted octanol–water partition coefficient (Wildman–Crippen LogP) is 3.44. The Morgan fingerprint density at radius 3 is 2.76 bits per heavy atom. The molecule has 1 aromatic rings. The molecule has 96 valence electrons. The Hall–Kier alpha value is -0.380. The molecule has 1 saturated heterocycles. The zero-order valence-corrected chi connectivity index (χ0v) is 12.1. The van der Waals surface area contributed by atoms with Gasteiger partial charge in [-0.2, -0.15) is 0 Å². The molecule has 0 saturated carbocycles. The van der Waals surface area contributed by atoms with Gasteiger partial charge in [0.05, 0.1) is 12.7 Å². The van der Waals surface area contributed by atoms with Crippen molar-refractivity contribution in [2.45, 2.75) is 46.3 Å². The van der Waals surface area contributed by atoms with Gasteiger partial charge >= 0.3 is 0 Å². The standard InChI is InChI=1S/C14H23NOS/c1-5-15-13(12-7-10(3)16-8-12)14-9(2)6-11(4)17-14/h6,10,12-13,15H,5,7-8H2,1-4H3. The molecule has 3 heteroatoms. The van der Waals surface area contributed by atoms with Gasteiger partial charge in [-0.05, 0) is 45.4 Å². The van der Waals surface area contributed by atoms with Gasteiger partial charge in [-0.1, -0.05) is 6.92 Å². The lowest BCUT2D eigenvalue weighted by Gasteiger charge is -2.23. The summed E-state index contributed by atoms with van der Waals surface area (Å²) in [5.41, 5.74) is 1.43. The van der Waals surface area contributed by atoms with Crippen molar-refractivity contribution >= 4 is 11.3 Å². The molecule has 0 bridgehead atoms. The van der Waals surface area contributed by atoms with E-state index in [1.165, 1.54) is 21.7 Å². The normalized spacial score (nSPS) is 26.4. The van der Waals surface area contributed by atoms with E-state index in [4.69, 9.17) is 4.74 Å². The molecule has 0 aromatic carbocycles. The van der Waals surface area contributed by atoms with Gasteiger partial charge in [0.1, 0.15) is 0 Å². The lowest BCUT2D eigenvalue weighted by Crippen LogP contribution is -2.28. The Balaban J connectivity index is 2.19. The molecule has 0 amide bonds. The summed E-state index contributed by atoms with van der Waals surface area (Å²) < 4.78 is 5.73. The maximum Gasteiger partial charge on any atom is 0.0551 e. The molecule has 1 N–H and O–H groups in total. The van der Waals surface area contributed by atoms with Gasteiger partial charge in [0.25, 0.3) is 0 Å². The lowest BCUT2D eigenvalue weighted by atomic mass is 9.94. The molecule has 0 spiro atoms. The van der Waals surface area contributed by atoms with Crippen LogP contribution in [0.1, 0.15) is 41.6 Å². The van der Waals surface area contributed by atoms with Crippen LogP contribution in [-0.2, 0) is 4.74 Å². The molecule has 0 aliphatic carbocycles. The topological polar surface area (TPSA) is 21.3 Å². The van der Waals surface area contributed by atoms with Crippen molar-refractivity contribution in [3.8, 4) is 0 Å². The number of ether oxygens (including phenoxy) is 1. The minimum atomic E-state index is 0.419. The molecule has 3 atom stereocenters. The number of hydrogen-bond donors (Lipinski definition) is 1. The molecule has 1 aliphatic heterocycles. The van der Waals surface area contributed by atoms with Crippen molar-refractivity contribution in [1.82, 2.24) is 5.32 Å². The first kappa shape index (κ1) is 13.1. The average Bonchev–Trinajstić information content (AvgIpc) is 2.82. The van der Waals surface area contributed by atoms with E-state index in [0.29, 0.717) is 18.1 Å². The summed E-state index contributed by atoms with van der Waals surface area (Å²) in [4.78, 5) is 2.92. The minimum absolute atomic E-state index is 0.419. The highest BCUT2D eigenvalue weighted by atomic mass is 32.1. The highest BCUT2D eigenvalue weighted by molar-refractivity contribution is 7.12. The molecule has 3 unspecified atom stereocenters. The number of hydrogen-bond acceptors (Lipinski definition) is 3. The maximum absolute atomic E-state index is 5.73. The van der Waals surface area contributed by atoms with Crippen molar-refractivity contribution in [3.63, 3.8) is 0 Å². The molecule has 0 radical (unpaired) electrons. The Labute approximate surface area is 108 Å². The van der Waals surface area contributed by atoms with E-state index < -0.39 is 0 Å². The fraction of sp³-hybridized carbons (Fsp3) is 0.714. The minimum Gasteiger partial charge on any atom is -0.378 e. The van der Waals surface area contributed by atoms with E-state index in [1.54, 1.807) is 0 Å². The third-order valence-corrected chi connectivity index (χ3v) is 4.72. The molecular weight excluding hydrogens is 230 g/mol. The van der Waals surface area contributed by atoms with Crippen LogP contribution in [-0.4, -0.2) is 19.3 Å². The van der Waals surface area contributed by atoms with Crippen molar-refractivity contribution in [1.29, 1.82) is 0 Å². The predicted molar refractivity (Wildman–Crippen MR) is 73.7 cm³/mol. The van der Waals surface area contributed by atoms with Crippen molar-refractivity contribution in [2.75, 3.05) is 13.2 Å². The Morgan fingerprint density at radius 1 is 1.53 bits per heavy atom. The first-order valence-electron chi connectivity index (χ1n) is 6.53. The van der Waals surface area contributed by atoms with E-state index in [1.807, 2.05) is 11.3 Å². The third-order valence-electron chi connectivity index (χ3n) is 3.49. The van der Waals surface area contributed by atoms with Crippen LogP contribution < -0.4 is 5.32 Å². The van der Waals surface area contributed by atoms with E-state index in [2.05, 4.69) is 39.1 Å². The molecule has 1 aromatic heterocycles. The molecule has 1 fully saturated rings. The van der Waals surface area contributed by atoms with E-state index in [-0.39, 0.29) is 0 Å². The summed E-state index contributed by atoms with van der Waals surface area (Å²) in [6.45, 7) is 10.7. The first-order chi connectivity index (χ1) is 8.11. The summed E-state index contributed by atoms with van der Waals surface area (Å²) in [6, 6.07) is 2.77. The maximum atomic E-state index is 5.73. The van der Waals surface area contributed by atoms with Crippen molar-refractivity contribution in [3.05, 3.63) is 21.4 Å². The fourth-order valence-electron chi connectivity index (χ4n) is 2.74. The van der Waals surface area contributed by atoms with Gasteiger partial charge in [-0.25, -0.2) is 0 Å². The molecule has 1 aliphatic rings. The van der Waals surface area contributed by atoms with Gasteiger partial charge in [0.2, 0.25) is 0 Å². The zero-order chi connectivity index (χ0) is 12.4. The Bertz CT molecular complexity index is 374. The monoisotopic (exact) mass is 253 g/mol. The van der Waals surface area contributed by atoms with Gasteiger partial charge in [0, 0.05) is 21.7 Å². The number of aryl methyl sites for hydroxylation is 2. The van der Waals surface area contributed by atoms with E-state index in [0.717, 1.165) is 13.2 Å². The highest BCUT2D eigenvalue weighted by Gasteiger charge is 2.31. The molecule has 2 heterocycles. The summed E-state index contributed by atoms with van der Waals surface area (Å²) in [5, 5.41) is 3.65. The summed E-state index contributed by atoms with van der Waals surface area (Å²) >= 11 is 1.93. The van der Waals surface area contributed by atoms with Crippen LogP contribution in [0.15, 0.2) is 6.07 Å². The van der Waals surface area contributed by atoms with Gasteiger partial charge in [-0.3, -0.25) is 0 Å². The lowest BCUT2D eigenvalue weighted by molar-refractivity contribution is 0.117. The average molecular weight is 253 g/mol. The second-order valence-electron chi connectivity index (χ2n) is 5.08. The van der Waals surface area contributed by atoms with Crippen LogP contribution in [0.25, 0.3) is 0 Å². The summed E-state index contributed by atoms with van der Waals surface area (Å²) in [6.07, 6.45) is 1.59. The SMILES string of the molecule is CCNC(c1sc(C)cc1C)C1COC(C)C1. The molecule has 17 heavy (non-hydrogen) atoms. The Morgan fingerprint density at radius 2 is 2.29 bits per heavy atom. The second kappa shape index (κ2) is 5.51. The van der Waals surface area contributed by atoms with Crippen LogP contribution >= 0.6 is 11.3 Å². The molecular formula is C14H23NOS.